The molecule has 1 aliphatic heterocycles. The van der Waals surface area contributed by atoms with Crippen molar-refractivity contribution in [2.45, 2.75) is 39.3 Å². The van der Waals surface area contributed by atoms with E-state index >= 15 is 0 Å². The quantitative estimate of drug-likeness (QED) is 0.321. The Bertz CT molecular complexity index is 1070. The van der Waals surface area contributed by atoms with E-state index in [0.29, 0.717) is 5.56 Å². The van der Waals surface area contributed by atoms with Crippen LogP contribution >= 0.6 is 11.3 Å². The van der Waals surface area contributed by atoms with Crippen molar-refractivity contribution in [3.8, 4) is 0 Å². The standard InChI is InChI=1S/C23H24N2O4S/c1-15-12-18(16(2)25(15)13-17-6-5-11-28-17)20(26)14-29-23(27)10-9-22-24-19-7-3-4-8-21(19)30-22/h3-4,7-10,12,17H,5-6,11,13-14H2,1-2H3/b10-9+. The molecule has 0 aliphatic carbocycles. The lowest BCUT2D eigenvalue weighted by molar-refractivity contribution is -0.136. The number of benzene rings is 1. The van der Waals surface area contributed by atoms with Crippen molar-refractivity contribution in [2.75, 3.05) is 13.2 Å². The lowest BCUT2D eigenvalue weighted by Gasteiger charge is -2.14. The number of nitrogens with zero attached hydrogens (tertiary/aromatic N) is 2. The monoisotopic (exact) mass is 424 g/mol. The fourth-order valence-corrected chi connectivity index (χ4v) is 4.59. The summed E-state index contributed by atoms with van der Waals surface area (Å²) in [5.74, 6) is -0.765. The van der Waals surface area contributed by atoms with Crippen molar-refractivity contribution >= 4 is 39.4 Å². The highest BCUT2D eigenvalue weighted by Gasteiger charge is 2.21. The summed E-state index contributed by atoms with van der Waals surface area (Å²) >= 11 is 1.49. The van der Waals surface area contributed by atoms with E-state index in [1.54, 1.807) is 6.08 Å². The van der Waals surface area contributed by atoms with E-state index in [2.05, 4.69) is 9.55 Å². The molecular formula is C23H24N2O4S. The van der Waals surface area contributed by atoms with Crippen molar-refractivity contribution in [3.63, 3.8) is 0 Å². The van der Waals surface area contributed by atoms with Gasteiger partial charge < -0.3 is 14.0 Å². The van der Waals surface area contributed by atoms with Gasteiger partial charge in [0.15, 0.2) is 6.61 Å². The van der Waals surface area contributed by atoms with E-state index in [1.165, 1.54) is 17.4 Å². The molecule has 156 valence electrons. The van der Waals surface area contributed by atoms with Gasteiger partial charge in [0.25, 0.3) is 0 Å². The number of aryl methyl sites for hydroxylation is 1. The Morgan fingerprint density at radius 1 is 1.33 bits per heavy atom. The average Bonchev–Trinajstić information content (AvgIpc) is 3.46. The van der Waals surface area contributed by atoms with E-state index in [-0.39, 0.29) is 18.5 Å². The van der Waals surface area contributed by atoms with Gasteiger partial charge in [-0.3, -0.25) is 4.79 Å². The first kappa shape index (κ1) is 20.5. The van der Waals surface area contributed by atoms with Crippen LogP contribution in [0.25, 0.3) is 16.3 Å². The summed E-state index contributed by atoms with van der Waals surface area (Å²) < 4.78 is 14.0. The van der Waals surface area contributed by atoms with Crippen molar-refractivity contribution in [1.29, 1.82) is 0 Å². The minimum atomic E-state index is -0.559. The summed E-state index contributed by atoms with van der Waals surface area (Å²) in [6, 6.07) is 9.64. The van der Waals surface area contributed by atoms with Crippen LogP contribution in [0.3, 0.4) is 0 Å². The number of esters is 1. The normalized spacial score (nSPS) is 16.5. The lowest BCUT2D eigenvalue weighted by atomic mass is 10.1. The molecule has 4 rings (SSSR count). The number of fused-ring (bicyclic) bond motifs is 1. The number of Topliss-reactive ketones (excluding diaryl/α,β-unsaturated/α-hetero) is 1. The number of hydrogen-bond acceptors (Lipinski definition) is 6. The van der Waals surface area contributed by atoms with E-state index in [9.17, 15) is 9.59 Å². The van der Waals surface area contributed by atoms with E-state index in [1.807, 2.05) is 44.2 Å². The number of aromatic nitrogens is 2. The summed E-state index contributed by atoms with van der Waals surface area (Å²) in [5, 5.41) is 0.720. The maximum atomic E-state index is 12.6. The highest BCUT2D eigenvalue weighted by molar-refractivity contribution is 7.19. The largest absolute Gasteiger partial charge is 0.454 e. The van der Waals surface area contributed by atoms with Gasteiger partial charge in [-0.15, -0.1) is 11.3 Å². The molecular weight excluding hydrogens is 400 g/mol. The summed E-state index contributed by atoms with van der Waals surface area (Å²) in [6.07, 6.45) is 5.24. The number of hydrogen-bond donors (Lipinski definition) is 0. The third-order valence-electron chi connectivity index (χ3n) is 5.30. The van der Waals surface area contributed by atoms with Crippen LogP contribution in [0.15, 0.2) is 36.4 Å². The molecule has 1 atom stereocenters. The maximum absolute atomic E-state index is 12.6. The van der Waals surface area contributed by atoms with Crippen LogP contribution in [-0.2, 0) is 20.8 Å². The molecule has 1 aliphatic rings. The Morgan fingerprint density at radius 2 is 2.17 bits per heavy atom. The van der Waals surface area contributed by atoms with Gasteiger partial charge in [0.1, 0.15) is 5.01 Å². The van der Waals surface area contributed by atoms with Crippen LogP contribution in [0, 0.1) is 13.8 Å². The first-order valence-corrected chi connectivity index (χ1v) is 10.8. The van der Waals surface area contributed by atoms with Crippen LogP contribution in [0.2, 0.25) is 0 Å². The highest BCUT2D eigenvalue weighted by Crippen LogP contribution is 2.23. The third kappa shape index (κ3) is 4.52. The second-order valence-corrected chi connectivity index (χ2v) is 8.48. The Morgan fingerprint density at radius 3 is 2.93 bits per heavy atom. The average molecular weight is 425 g/mol. The van der Waals surface area contributed by atoms with Gasteiger partial charge in [-0.1, -0.05) is 12.1 Å². The van der Waals surface area contributed by atoms with Crippen LogP contribution in [0.1, 0.15) is 39.6 Å². The SMILES string of the molecule is Cc1cc(C(=O)COC(=O)/C=C/c2nc3ccccc3s2)c(C)n1CC1CCCO1. The second kappa shape index (κ2) is 8.93. The second-order valence-electron chi connectivity index (χ2n) is 7.41. The molecule has 6 nitrogen and oxygen atoms in total. The predicted octanol–water partition coefficient (Wildman–Crippen LogP) is 4.33. The number of carbonyl (C=O) groups is 2. The Hall–Kier alpha value is -2.77. The molecule has 0 amide bonds. The molecule has 2 aromatic heterocycles. The predicted molar refractivity (Wildman–Crippen MR) is 117 cm³/mol. The maximum Gasteiger partial charge on any atom is 0.331 e. The number of para-hydroxylation sites is 1. The first-order chi connectivity index (χ1) is 14.5. The zero-order valence-electron chi connectivity index (χ0n) is 17.1. The van der Waals surface area contributed by atoms with Gasteiger partial charge >= 0.3 is 5.97 Å². The molecule has 0 radical (unpaired) electrons. The molecule has 1 saturated heterocycles. The minimum Gasteiger partial charge on any atom is -0.454 e. The molecule has 3 heterocycles. The summed E-state index contributed by atoms with van der Waals surface area (Å²) in [6.45, 7) is 5.16. The van der Waals surface area contributed by atoms with E-state index in [0.717, 1.165) is 52.6 Å². The minimum absolute atomic E-state index is 0.197. The summed E-state index contributed by atoms with van der Waals surface area (Å²) in [4.78, 5) is 29.1. The molecule has 1 fully saturated rings. The number of carbonyl (C=O) groups excluding carboxylic acids is 2. The first-order valence-electron chi connectivity index (χ1n) is 10.0. The molecule has 0 saturated carbocycles. The van der Waals surface area contributed by atoms with E-state index in [4.69, 9.17) is 9.47 Å². The Kier molecular flexibility index (Phi) is 6.11. The van der Waals surface area contributed by atoms with Crippen molar-refractivity contribution in [3.05, 3.63) is 58.4 Å². The molecule has 1 aromatic carbocycles. The number of rotatable bonds is 7. The highest BCUT2D eigenvalue weighted by atomic mass is 32.1. The van der Waals surface area contributed by atoms with Gasteiger partial charge in [0, 0.05) is 36.2 Å². The zero-order valence-corrected chi connectivity index (χ0v) is 17.9. The van der Waals surface area contributed by atoms with Crippen LogP contribution in [0.5, 0.6) is 0 Å². The van der Waals surface area contributed by atoms with Crippen molar-refractivity contribution in [2.24, 2.45) is 0 Å². The molecule has 30 heavy (non-hydrogen) atoms. The fraction of sp³-hybridized carbons (Fsp3) is 0.348. The molecule has 0 bridgehead atoms. The summed E-state index contributed by atoms with van der Waals surface area (Å²) in [7, 11) is 0. The van der Waals surface area contributed by atoms with Gasteiger partial charge in [-0.05, 0) is 51.0 Å². The smallest absolute Gasteiger partial charge is 0.331 e. The fourth-order valence-electron chi connectivity index (χ4n) is 3.72. The number of ether oxygens (including phenoxy) is 2. The van der Waals surface area contributed by atoms with Gasteiger partial charge in [-0.2, -0.15) is 0 Å². The molecule has 1 unspecified atom stereocenters. The molecule has 0 N–H and O–H groups in total. The number of ketones is 1. The van der Waals surface area contributed by atoms with Gasteiger partial charge in [0.05, 0.1) is 16.3 Å². The molecule has 0 spiro atoms. The molecule has 3 aromatic rings. The number of thiazole rings is 1. The lowest BCUT2D eigenvalue weighted by Crippen LogP contribution is -2.18. The van der Waals surface area contributed by atoms with Gasteiger partial charge in [0.2, 0.25) is 5.78 Å². The van der Waals surface area contributed by atoms with Gasteiger partial charge in [-0.25, -0.2) is 9.78 Å². The topological polar surface area (TPSA) is 70.4 Å². The summed E-state index contributed by atoms with van der Waals surface area (Å²) in [5.41, 5.74) is 3.37. The Balaban J connectivity index is 1.35. The van der Waals surface area contributed by atoms with Crippen LogP contribution in [0.4, 0.5) is 0 Å². The van der Waals surface area contributed by atoms with Crippen molar-refractivity contribution in [1.82, 2.24) is 9.55 Å². The van der Waals surface area contributed by atoms with E-state index < -0.39 is 5.97 Å². The van der Waals surface area contributed by atoms with Crippen molar-refractivity contribution < 1.29 is 19.1 Å². The zero-order chi connectivity index (χ0) is 21.1. The molecule has 7 heteroatoms. The Labute approximate surface area is 179 Å². The van der Waals surface area contributed by atoms with Crippen LogP contribution < -0.4 is 0 Å². The van der Waals surface area contributed by atoms with Crippen LogP contribution in [-0.4, -0.2) is 40.6 Å². The third-order valence-corrected chi connectivity index (χ3v) is 6.30.